The number of aryl methyl sites for hydroxylation is 3. The maximum Gasteiger partial charge on any atom is 0.324 e. The molecule has 1 aliphatic heterocycles. The van der Waals surface area contributed by atoms with Crippen LogP contribution in [0.3, 0.4) is 0 Å². The molecule has 1 aliphatic rings. The molecule has 0 radical (unpaired) electrons. The lowest BCUT2D eigenvalue weighted by molar-refractivity contribution is -0.135. The molecule has 0 amide bonds. The van der Waals surface area contributed by atoms with Crippen molar-refractivity contribution >= 4 is 27.4 Å². The van der Waals surface area contributed by atoms with E-state index in [1.807, 2.05) is 49.4 Å². The lowest BCUT2D eigenvalue weighted by atomic mass is 10.0. The number of hydrogen-bond donors (Lipinski definition) is 1. The molecule has 6 nitrogen and oxygen atoms in total. The minimum absolute atomic E-state index is 0.166. The molecule has 39 heavy (non-hydrogen) atoms. The van der Waals surface area contributed by atoms with Gasteiger partial charge in [0, 0.05) is 24.3 Å². The van der Waals surface area contributed by atoms with E-state index in [2.05, 4.69) is 41.3 Å². The molecular weight excluding hydrogens is 508 g/mol. The second-order valence-electron chi connectivity index (χ2n) is 10.1. The highest BCUT2D eigenvalue weighted by molar-refractivity contribution is 7.93. The van der Waals surface area contributed by atoms with Gasteiger partial charge in [0.1, 0.15) is 6.54 Å². The van der Waals surface area contributed by atoms with Gasteiger partial charge >= 0.3 is 5.97 Å². The van der Waals surface area contributed by atoms with E-state index in [1.165, 1.54) is 0 Å². The Balaban J connectivity index is 1.51. The molecule has 0 fully saturated rings. The number of carboxylic acid groups (broad SMARTS) is 1. The van der Waals surface area contributed by atoms with Gasteiger partial charge in [-0.15, -0.1) is 0 Å². The summed E-state index contributed by atoms with van der Waals surface area (Å²) in [5.41, 5.74) is 7.82. The van der Waals surface area contributed by atoms with Crippen LogP contribution in [0.4, 0.5) is 11.4 Å². The second kappa shape index (κ2) is 10.6. The highest BCUT2D eigenvalue weighted by atomic mass is 32.2. The molecule has 200 valence electrons. The summed E-state index contributed by atoms with van der Waals surface area (Å²) in [5.74, 6) is -1.20. The standard InChI is InChI=1S/C32H32N2O4S/c1-22-17-23(2)32(24(3)18-22)39(37,38)34(21-31(35)36)30-14-8-13-29-28(30)15-16-33(29)20-25-9-7-12-27(19-25)26-10-5-4-6-11-26/h4-14,17-19H,15-16,20-21H2,1-3H3,(H,35,36). The maximum absolute atomic E-state index is 14.0. The SMILES string of the molecule is Cc1cc(C)c(S(=O)(=O)N(CC(=O)O)c2cccc3c2CCN3Cc2cccc(-c3ccccc3)c2)c(C)c1. The third kappa shape index (κ3) is 5.27. The molecule has 0 saturated heterocycles. The minimum Gasteiger partial charge on any atom is -0.480 e. The molecule has 0 aromatic heterocycles. The van der Waals surface area contributed by atoms with E-state index < -0.39 is 22.5 Å². The van der Waals surface area contributed by atoms with E-state index in [1.54, 1.807) is 19.9 Å². The topological polar surface area (TPSA) is 77.9 Å². The van der Waals surface area contributed by atoms with Gasteiger partial charge in [0.2, 0.25) is 0 Å². The number of aliphatic carboxylic acids is 1. The average molecular weight is 541 g/mol. The number of carboxylic acids is 1. The fourth-order valence-electron chi connectivity index (χ4n) is 5.69. The van der Waals surface area contributed by atoms with Gasteiger partial charge in [0.15, 0.2) is 0 Å². The van der Waals surface area contributed by atoms with Gasteiger partial charge in [-0.2, -0.15) is 0 Å². The van der Waals surface area contributed by atoms with Crippen LogP contribution in [0, 0.1) is 20.8 Å². The quantitative estimate of drug-likeness (QED) is 0.291. The Morgan fingerprint density at radius 3 is 2.23 bits per heavy atom. The summed E-state index contributed by atoms with van der Waals surface area (Å²) < 4.78 is 29.1. The number of fused-ring (bicyclic) bond motifs is 1. The van der Waals surface area contributed by atoms with Crippen LogP contribution < -0.4 is 9.21 Å². The average Bonchev–Trinajstić information content (AvgIpc) is 3.30. The number of rotatable bonds is 8. The summed E-state index contributed by atoms with van der Waals surface area (Å²) in [5, 5.41) is 9.74. The van der Waals surface area contributed by atoms with Gasteiger partial charge in [-0.3, -0.25) is 9.10 Å². The Morgan fingerprint density at radius 2 is 1.54 bits per heavy atom. The van der Waals surface area contributed by atoms with Gasteiger partial charge in [0.25, 0.3) is 10.0 Å². The molecule has 4 aromatic carbocycles. The predicted molar refractivity (Wildman–Crippen MR) is 156 cm³/mol. The normalized spacial score (nSPS) is 12.8. The van der Waals surface area contributed by atoms with Gasteiger partial charge in [-0.25, -0.2) is 8.42 Å². The monoisotopic (exact) mass is 540 g/mol. The zero-order chi connectivity index (χ0) is 27.7. The van der Waals surface area contributed by atoms with Crippen LogP contribution in [0.1, 0.15) is 27.8 Å². The number of benzene rings is 4. The Labute approximate surface area is 230 Å². The van der Waals surface area contributed by atoms with Crippen molar-refractivity contribution in [2.45, 2.75) is 38.6 Å². The highest BCUT2D eigenvalue weighted by Crippen LogP contribution is 2.39. The molecule has 4 aromatic rings. The summed E-state index contributed by atoms with van der Waals surface area (Å²) in [6.07, 6.45) is 0.626. The zero-order valence-corrected chi connectivity index (χ0v) is 23.2. The summed E-state index contributed by atoms with van der Waals surface area (Å²) >= 11 is 0. The number of anilines is 2. The summed E-state index contributed by atoms with van der Waals surface area (Å²) in [6, 6.07) is 27.8. The molecule has 0 bridgehead atoms. The first-order valence-electron chi connectivity index (χ1n) is 13.0. The van der Waals surface area contributed by atoms with Crippen molar-refractivity contribution in [3.8, 4) is 11.1 Å². The summed E-state index contributed by atoms with van der Waals surface area (Å²) in [4.78, 5) is 14.3. The molecule has 0 aliphatic carbocycles. The molecule has 7 heteroatoms. The van der Waals surface area contributed by atoms with Crippen molar-refractivity contribution in [3.63, 3.8) is 0 Å². The summed E-state index contributed by atoms with van der Waals surface area (Å²) in [6.45, 7) is 6.16. The first-order chi connectivity index (χ1) is 18.6. The first kappa shape index (κ1) is 26.5. The zero-order valence-electron chi connectivity index (χ0n) is 22.4. The van der Waals surface area contributed by atoms with E-state index >= 15 is 0 Å². The number of nitrogens with zero attached hydrogens (tertiary/aromatic N) is 2. The number of sulfonamides is 1. The van der Waals surface area contributed by atoms with Crippen molar-refractivity contribution < 1.29 is 18.3 Å². The van der Waals surface area contributed by atoms with Gasteiger partial charge in [-0.1, -0.05) is 72.3 Å². The van der Waals surface area contributed by atoms with E-state index in [0.717, 1.165) is 37.8 Å². The Kier molecular flexibility index (Phi) is 7.19. The summed E-state index contributed by atoms with van der Waals surface area (Å²) in [7, 11) is -4.13. The molecule has 1 N–H and O–H groups in total. The number of carbonyl (C=O) groups is 1. The first-order valence-corrected chi connectivity index (χ1v) is 14.4. The lowest BCUT2D eigenvalue weighted by Gasteiger charge is -2.27. The van der Waals surface area contributed by atoms with E-state index in [0.29, 0.717) is 36.3 Å². The van der Waals surface area contributed by atoms with Gasteiger partial charge in [-0.05, 0) is 73.2 Å². The third-order valence-corrected chi connectivity index (χ3v) is 9.27. The van der Waals surface area contributed by atoms with Crippen molar-refractivity contribution in [1.82, 2.24) is 0 Å². The van der Waals surface area contributed by atoms with Crippen LogP contribution in [0.25, 0.3) is 11.1 Å². The largest absolute Gasteiger partial charge is 0.480 e. The molecule has 5 rings (SSSR count). The van der Waals surface area contributed by atoms with Crippen molar-refractivity contribution in [2.75, 3.05) is 22.3 Å². The van der Waals surface area contributed by atoms with Crippen LogP contribution in [0.15, 0.2) is 89.8 Å². The van der Waals surface area contributed by atoms with Crippen LogP contribution in [-0.2, 0) is 27.8 Å². The fourth-order valence-corrected chi connectivity index (χ4v) is 7.55. The minimum atomic E-state index is -4.13. The Bertz CT molecular complexity index is 1630. The second-order valence-corrected chi connectivity index (χ2v) is 11.9. The highest BCUT2D eigenvalue weighted by Gasteiger charge is 2.34. The lowest BCUT2D eigenvalue weighted by Crippen LogP contribution is -2.37. The van der Waals surface area contributed by atoms with Crippen LogP contribution in [0.5, 0.6) is 0 Å². The molecule has 0 atom stereocenters. The van der Waals surface area contributed by atoms with Crippen molar-refractivity contribution in [2.24, 2.45) is 0 Å². The van der Waals surface area contributed by atoms with E-state index in [-0.39, 0.29) is 4.90 Å². The van der Waals surface area contributed by atoms with Crippen LogP contribution in [0.2, 0.25) is 0 Å². The Hall–Kier alpha value is -4.10. The van der Waals surface area contributed by atoms with E-state index in [4.69, 9.17) is 0 Å². The third-order valence-electron chi connectivity index (χ3n) is 7.21. The maximum atomic E-state index is 14.0. The smallest absolute Gasteiger partial charge is 0.324 e. The van der Waals surface area contributed by atoms with Crippen LogP contribution >= 0.6 is 0 Å². The van der Waals surface area contributed by atoms with Gasteiger partial charge in [0.05, 0.1) is 10.6 Å². The molecular formula is C32H32N2O4S. The molecule has 0 saturated carbocycles. The van der Waals surface area contributed by atoms with Gasteiger partial charge < -0.3 is 10.0 Å². The van der Waals surface area contributed by atoms with Crippen molar-refractivity contribution in [3.05, 3.63) is 113 Å². The van der Waals surface area contributed by atoms with Crippen molar-refractivity contribution in [1.29, 1.82) is 0 Å². The fraction of sp³-hybridized carbons (Fsp3) is 0.219. The molecule has 0 spiro atoms. The molecule has 1 heterocycles. The Morgan fingerprint density at radius 1 is 0.872 bits per heavy atom. The van der Waals surface area contributed by atoms with E-state index in [9.17, 15) is 18.3 Å². The molecule has 0 unspecified atom stereocenters. The predicted octanol–water partition coefficient (Wildman–Crippen LogP) is 6.12. The number of hydrogen-bond acceptors (Lipinski definition) is 4. The van der Waals surface area contributed by atoms with Crippen LogP contribution in [-0.4, -0.2) is 32.6 Å².